The van der Waals surface area contributed by atoms with Crippen molar-refractivity contribution < 1.29 is 19.0 Å². The molecule has 0 radical (unpaired) electrons. The zero-order valence-electron chi connectivity index (χ0n) is 20.7. The number of rotatable bonds is 2. The number of halogens is 1. The van der Waals surface area contributed by atoms with Gasteiger partial charge in [0.2, 0.25) is 0 Å². The molecule has 2 aliphatic rings. The largest absolute Gasteiger partial charge is 0.458 e. The van der Waals surface area contributed by atoms with E-state index in [4.69, 9.17) is 9.72 Å². The van der Waals surface area contributed by atoms with Crippen LogP contribution in [0.4, 0.5) is 4.39 Å². The van der Waals surface area contributed by atoms with E-state index in [2.05, 4.69) is 0 Å². The van der Waals surface area contributed by atoms with Crippen LogP contribution in [0.2, 0.25) is 0 Å². The lowest BCUT2D eigenvalue weighted by Gasteiger charge is -2.21. The Bertz CT molecular complexity index is 1330. The zero-order valence-corrected chi connectivity index (χ0v) is 21.5. The maximum Gasteiger partial charge on any atom is 0.340 e. The minimum absolute atomic E-state index is 0.155. The molecular weight excluding hydrogens is 455 g/mol. The number of hydrogen-bond acceptors (Lipinski definition) is 6. The van der Waals surface area contributed by atoms with Gasteiger partial charge >= 0.3 is 5.97 Å². The summed E-state index contributed by atoms with van der Waals surface area (Å²) in [6.07, 6.45) is 1.05. The fraction of sp³-hybridized carbons (Fsp3) is 0.423. The molecule has 0 spiro atoms. The first-order chi connectivity index (χ1) is 16.4. The Hall–Kier alpha value is -2.71. The Morgan fingerprint density at radius 3 is 2.50 bits per heavy atom. The molecule has 1 N–H and O–H groups in total. The van der Waals surface area contributed by atoms with Gasteiger partial charge in [0.15, 0.2) is 6.10 Å². The smallest absolute Gasteiger partial charge is 0.340 e. The maximum atomic E-state index is 14.6. The van der Waals surface area contributed by atoms with Crippen LogP contribution < -0.4 is 5.56 Å². The lowest BCUT2D eigenvalue weighted by atomic mass is 9.95. The Morgan fingerprint density at radius 1 is 1.21 bits per heavy atom. The molecule has 2 aliphatic heterocycles. The Labute approximate surface area is 203 Å². The first kappa shape index (κ1) is 25.9. The van der Waals surface area contributed by atoms with Crippen LogP contribution in [0, 0.1) is 12.7 Å². The predicted octanol–water partition coefficient (Wildman–Crippen LogP) is 5.30. The molecule has 5 rings (SSSR count). The number of aryl methyl sites for hydroxylation is 2. The Balaban J connectivity index is 0.000000771. The number of benzene rings is 1. The molecule has 0 amide bonds. The quantitative estimate of drug-likeness (QED) is 0.306. The van der Waals surface area contributed by atoms with Crippen molar-refractivity contribution in [3.05, 3.63) is 56.1 Å². The molecule has 8 heteroatoms. The molecule has 34 heavy (non-hydrogen) atoms. The van der Waals surface area contributed by atoms with Crippen LogP contribution >= 0.6 is 11.8 Å². The van der Waals surface area contributed by atoms with Crippen molar-refractivity contribution in [3.63, 3.8) is 0 Å². The molecule has 0 saturated carbocycles. The second-order valence-electron chi connectivity index (χ2n) is 7.55. The molecule has 0 aliphatic carbocycles. The number of cyclic esters (lactones) is 1. The van der Waals surface area contributed by atoms with Gasteiger partial charge in [0.1, 0.15) is 12.4 Å². The molecule has 0 saturated heterocycles. The highest BCUT2D eigenvalue weighted by molar-refractivity contribution is 7.98. The van der Waals surface area contributed by atoms with Crippen molar-refractivity contribution in [1.82, 2.24) is 9.55 Å². The highest BCUT2D eigenvalue weighted by Gasteiger charge is 2.34. The number of pyridine rings is 2. The van der Waals surface area contributed by atoms with E-state index in [1.165, 1.54) is 17.8 Å². The third-order valence-electron chi connectivity index (χ3n) is 6.06. The average Bonchev–Trinajstić information content (AvgIpc) is 3.22. The van der Waals surface area contributed by atoms with Crippen LogP contribution in [-0.4, -0.2) is 26.9 Å². The summed E-state index contributed by atoms with van der Waals surface area (Å²) in [5.41, 5.74) is 4.73. The monoisotopic (exact) mass is 486 g/mol. The van der Waals surface area contributed by atoms with Crippen LogP contribution in [0.25, 0.3) is 22.3 Å². The lowest BCUT2D eigenvalue weighted by molar-refractivity contribution is -0.157. The molecular formula is C26H31FN2O4S. The number of esters is 1. The molecule has 1 aromatic carbocycles. The van der Waals surface area contributed by atoms with Crippen LogP contribution in [0.3, 0.4) is 0 Å². The van der Waals surface area contributed by atoms with Gasteiger partial charge in [-0.2, -0.15) is 0 Å². The van der Waals surface area contributed by atoms with Crippen molar-refractivity contribution in [1.29, 1.82) is 0 Å². The van der Waals surface area contributed by atoms with Gasteiger partial charge in [-0.1, -0.05) is 34.6 Å². The van der Waals surface area contributed by atoms with Gasteiger partial charge in [0, 0.05) is 27.5 Å². The summed E-state index contributed by atoms with van der Waals surface area (Å²) in [4.78, 5) is 30.2. The number of aromatic nitrogens is 2. The molecule has 6 nitrogen and oxygen atoms in total. The van der Waals surface area contributed by atoms with Crippen molar-refractivity contribution in [3.8, 4) is 11.4 Å². The fourth-order valence-electron chi connectivity index (χ4n) is 4.67. The van der Waals surface area contributed by atoms with Crippen molar-refractivity contribution in [2.24, 2.45) is 0 Å². The molecule has 0 bridgehead atoms. The van der Waals surface area contributed by atoms with Gasteiger partial charge in [-0.3, -0.25) is 4.79 Å². The third-order valence-corrected chi connectivity index (χ3v) is 6.97. The SMILES string of the molecule is CC.CC.CCc1c2c(nc3cc(F)c(SC)c(C)c13)-c1cc3c(c(=O)n1C2)COC(=O)C3O. The number of aliphatic hydroxyl groups is 1. The van der Waals surface area contributed by atoms with Gasteiger partial charge in [0.05, 0.1) is 29.0 Å². The highest BCUT2D eigenvalue weighted by Crippen LogP contribution is 2.40. The van der Waals surface area contributed by atoms with Gasteiger partial charge in [-0.15, -0.1) is 11.8 Å². The minimum atomic E-state index is -1.49. The van der Waals surface area contributed by atoms with Gasteiger partial charge in [-0.05, 0) is 36.8 Å². The minimum Gasteiger partial charge on any atom is -0.458 e. The topological polar surface area (TPSA) is 81.4 Å². The van der Waals surface area contributed by atoms with E-state index in [1.54, 1.807) is 10.6 Å². The highest BCUT2D eigenvalue weighted by atomic mass is 32.2. The number of hydrogen-bond donors (Lipinski definition) is 1. The van der Waals surface area contributed by atoms with Crippen molar-refractivity contribution in [2.45, 2.75) is 72.1 Å². The number of carbonyl (C=O) groups is 1. The fourth-order valence-corrected chi connectivity index (χ4v) is 5.34. The molecule has 1 unspecified atom stereocenters. The first-order valence-corrected chi connectivity index (χ1v) is 12.9. The number of thioether (sulfide) groups is 1. The molecule has 0 fully saturated rings. The van der Waals surface area contributed by atoms with E-state index < -0.39 is 12.1 Å². The Kier molecular flexibility index (Phi) is 7.83. The lowest BCUT2D eigenvalue weighted by Crippen LogP contribution is -2.32. The summed E-state index contributed by atoms with van der Waals surface area (Å²) in [7, 11) is 0. The van der Waals surface area contributed by atoms with Crippen molar-refractivity contribution >= 4 is 28.6 Å². The van der Waals surface area contributed by atoms with E-state index in [-0.39, 0.29) is 29.1 Å². The molecule has 3 aromatic rings. The molecule has 2 aromatic heterocycles. The number of ether oxygens (including phenoxy) is 1. The van der Waals surface area contributed by atoms with Crippen LogP contribution in [0.5, 0.6) is 0 Å². The number of nitrogens with zero attached hydrogens (tertiary/aromatic N) is 2. The molecule has 1 atom stereocenters. The number of fused-ring (bicyclic) bond motifs is 5. The predicted molar refractivity (Wildman–Crippen MR) is 134 cm³/mol. The van der Waals surface area contributed by atoms with Gasteiger partial charge in [0.25, 0.3) is 5.56 Å². The number of carbonyl (C=O) groups excluding carboxylic acids is 1. The van der Waals surface area contributed by atoms with E-state index >= 15 is 0 Å². The average molecular weight is 487 g/mol. The van der Waals surface area contributed by atoms with Crippen LogP contribution in [0.15, 0.2) is 21.8 Å². The molecule has 4 heterocycles. The third kappa shape index (κ3) is 3.82. The summed E-state index contributed by atoms with van der Waals surface area (Å²) >= 11 is 1.36. The van der Waals surface area contributed by atoms with Crippen LogP contribution in [0.1, 0.15) is 68.5 Å². The normalized spacial score (nSPS) is 15.3. The van der Waals surface area contributed by atoms with Crippen LogP contribution in [-0.2, 0) is 29.1 Å². The van der Waals surface area contributed by atoms with E-state index in [0.717, 1.165) is 22.1 Å². The van der Waals surface area contributed by atoms with E-state index in [1.807, 2.05) is 47.8 Å². The van der Waals surface area contributed by atoms with E-state index in [0.29, 0.717) is 34.8 Å². The summed E-state index contributed by atoms with van der Waals surface area (Å²) in [5, 5.41) is 11.2. The van der Waals surface area contributed by atoms with E-state index in [9.17, 15) is 19.1 Å². The number of aliphatic hydroxyl groups excluding tert-OH is 1. The first-order valence-electron chi connectivity index (χ1n) is 11.7. The zero-order chi connectivity index (χ0) is 25.3. The second kappa shape index (κ2) is 10.3. The maximum absolute atomic E-state index is 14.6. The summed E-state index contributed by atoms with van der Waals surface area (Å²) < 4.78 is 21.2. The molecule has 182 valence electrons. The summed E-state index contributed by atoms with van der Waals surface area (Å²) in [5.74, 6) is -1.09. The van der Waals surface area contributed by atoms with Crippen molar-refractivity contribution in [2.75, 3.05) is 6.26 Å². The van der Waals surface area contributed by atoms with Gasteiger partial charge < -0.3 is 14.4 Å². The summed E-state index contributed by atoms with van der Waals surface area (Å²) in [6, 6.07) is 3.09. The second-order valence-corrected chi connectivity index (χ2v) is 8.36. The summed E-state index contributed by atoms with van der Waals surface area (Å²) in [6.45, 7) is 12.1. The standard InChI is InChI=1S/C22H19FN2O4S.2C2H6/c1-4-10-12-7-25-16(5-11-13(21(25)27)8-29-22(28)19(11)26)18(12)24-15-6-14(23)20(30-3)9(2)17(10)15;2*1-2/h5-6,19,26H,4,7-8H2,1-3H3;2*1-2H3. The van der Waals surface area contributed by atoms with Gasteiger partial charge in [-0.25, -0.2) is 14.2 Å². The Morgan fingerprint density at radius 2 is 1.88 bits per heavy atom.